The number of carbonyl (C=O) groups excluding carboxylic acids is 1. The minimum absolute atomic E-state index is 0.118. The summed E-state index contributed by atoms with van der Waals surface area (Å²) in [6.45, 7) is 5.68. The van der Waals surface area contributed by atoms with E-state index >= 15 is 0 Å². The van der Waals surface area contributed by atoms with Crippen molar-refractivity contribution in [1.29, 1.82) is 0 Å². The zero-order chi connectivity index (χ0) is 22.4. The summed E-state index contributed by atoms with van der Waals surface area (Å²) in [6, 6.07) is 9.42. The van der Waals surface area contributed by atoms with E-state index in [-0.39, 0.29) is 11.8 Å². The molecular weight excluding hydrogens is 414 g/mol. The molecule has 0 aliphatic rings. The summed E-state index contributed by atoms with van der Waals surface area (Å²) in [5.74, 6) is 1.24. The van der Waals surface area contributed by atoms with Crippen LogP contribution in [-0.4, -0.2) is 47.5 Å². The molecule has 3 aromatic rings. The number of amides is 1. The molecule has 1 aromatic carbocycles. The lowest BCUT2D eigenvalue weighted by Crippen LogP contribution is -2.33. The van der Waals surface area contributed by atoms with Crippen molar-refractivity contribution in [3.8, 4) is 11.5 Å². The van der Waals surface area contributed by atoms with Crippen LogP contribution in [0.2, 0.25) is 5.02 Å². The molecule has 1 unspecified atom stereocenters. The van der Waals surface area contributed by atoms with E-state index in [9.17, 15) is 4.79 Å². The van der Waals surface area contributed by atoms with Crippen LogP contribution < -0.4 is 9.47 Å². The zero-order valence-electron chi connectivity index (χ0n) is 18.6. The average molecular weight is 444 g/mol. The first kappa shape index (κ1) is 22.9. The highest BCUT2D eigenvalue weighted by molar-refractivity contribution is 6.30. The Morgan fingerprint density at radius 3 is 2.32 bits per heavy atom. The number of halogens is 1. The number of carbonyl (C=O) groups is 1. The number of ether oxygens (including phenoxy) is 2. The Balaban J connectivity index is 2.10. The van der Waals surface area contributed by atoms with Crippen LogP contribution in [0.4, 0.5) is 0 Å². The first-order chi connectivity index (χ1) is 15.0. The lowest BCUT2D eigenvalue weighted by Gasteiger charge is -2.25. The molecule has 1 amide bonds. The third-order valence-corrected chi connectivity index (χ3v) is 5.57. The van der Waals surface area contributed by atoms with Crippen LogP contribution in [0.3, 0.4) is 0 Å². The van der Waals surface area contributed by atoms with E-state index in [1.54, 1.807) is 14.2 Å². The highest BCUT2D eigenvalue weighted by Crippen LogP contribution is 2.35. The number of methoxy groups -OCH3 is 2. The third-order valence-electron chi connectivity index (χ3n) is 5.35. The fraction of sp³-hybridized carbons (Fsp3) is 0.417. The summed E-state index contributed by atoms with van der Waals surface area (Å²) in [5.41, 5.74) is 2.61. The molecule has 0 N–H and O–H groups in total. The number of pyridine rings is 1. The predicted octanol–water partition coefficient (Wildman–Crippen LogP) is 5.18. The van der Waals surface area contributed by atoms with Crippen LogP contribution in [0.1, 0.15) is 50.3 Å². The van der Waals surface area contributed by atoms with Gasteiger partial charge in [-0.3, -0.25) is 4.79 Å². The second-order valence-corrected chi connectivity index (χ2v) is 7.98. The molecule has 31 heavy (non-hydrogen) atoms. The summed E-state index contributed by atoms with van der Waals surface area (Å²) in [5, 5.41) is 0.610. The maximum atomic E-state index is 13.3. The smallest absolute Gasteiger partial charge is 0.223 e. The number of imidazole rings is 1. The molecule has 0 aliphatic heterocycles. The van der Waals surface area contributed by atoms with Gasteiger partial charge in [0.05, 0.1) is 24.9 Å². The Morgan fingerprint density at radius 2 is 1.74 bits per heavy atom. The molecule has 3 rings (SSSR count). The van der Waals surface area contributed by atoms with E-state index in [2.05, 4.69) is 18.8 Å². The minimum Gasteiger partial charge on any atom is -0.497 e. The van der Waals surface area contributed by atoms with Crippen LogP contribution in [0.25, 0.3) is 5.65 Å². The number of rotatable bonds is 10. The fourth-order valence-corrected chi connectivity index (χ4v) is 4.02. The van der Waals surface area contributed by atoms with E-state index in [1.807, 2.05) is 52.0 Å². The Hall–Kier alpha value is -2.73. The molecule has 0 bridgehead atoms. The standard InChI is InChI=1S/C24H30ClN3O3/c1-5-9-27(10-6-2)24(29)14-21(17-11-19(30-3)13-20(12-17)31-4)22-15-26-23-8-7-18(25)16-28(22)23/h7-8,11-13,15-16,21H,5-6,9-10,14H2,1-4H3. The van der Waals surface area contributed by atoms with Gasteiger partial charge in [0.15, 0.2) is 0 Å². The summed E-state index contributed by atoms with van der Waals surface area (Å²) in [6.07, 6.45) is 5.82. The van der Waals surface area contributed by atoms with Crippen LogP contribution in [0.5, 0.6) is 11.5 Å². The lowest BCUT2D eigenvalue weighted by molar-refractivity contribution is -0.131. The van der Waals surface area contributed by atoms with E-state index in [0.29, 0.717) is 22.9 Å². The van der Waals surface area contributed by atoms with Crippen molar-refractivity contribution in [3.63, 3.8) is 0 Å². The van der Waals surface area contributed by atoms with Gasteiger partial charge in [-0.15, -0.1) is 0 Å². The summed E-state index contributed by atoms with van der Waals surface area (Å²) in [4.78, 5) is 19.8. The van der Waals surface area contributed by atoms with Crippen LogP contribution in [-0.2, 0) is 4.79 Å². The van der Waals surface area contributed by atoms with E-state index in [4.69, 9.17) is 21.1 Å². The predicted molar refractivity (Wildman–Crippen MR) is 123 cm³/mol. The minimum atomic E-state index is -0.235. The van der Waals surface area contributed by atoms with Crippen molar-refractivity contribution in [2.75, 3.05) is 27.3 Å². The van der Waals surface area contributed by atoms with Gasteiger partial charge in [-0.1, -0.05) is 25.4 Å². The van der Waals surface area contributed by atoms with Gasteiger partial charge in [-0.05, 0) is 42.7 Å². The summed E-state index contributed by atoms with van der Waals surface area (Å²) >= 11 is 6.27. The van der Waals surface area contributed by atoms with Crippen molar-refractivity contribution < 1.29 is 14.3 Å². The third kappa shape index (κ3) is 5.31. The highest BCUT2D eigenvalue weighted by atomic mass is 35.5. The first-order valence-corrected chi connectivity index (χ1v) is 11.0. The Bertz CT molecular complexity index is 1010. The molecule has 0 spiro atoms. The molecule has 2 aromatic heterocycles. The van der Waals surface area contributed by atoms with Crippen LogP contribution in [0.15, 0.2) is 42.7 Å². The number of hydrogen-bond acceptors (Lipinski definition) is 4. The maximum absolute atomic E-state index is 13.3. The molecule has 0 saturated carbocycles. The Labute approximate surface area is 188 Å². The molecule has 0 radical (unpaired) electrons. The molecular formula is C24H30ClN3O3. The molecule has 7 heteroatoms. The number of hydrogen-bond donors (Lipinski definition) is 0. The molecule has 166 valence electrons. The van der Waals surface area contributed by atoms with Gasteiger partial charge in [0.25, 0.3) is 0 Å². The van der Waals surface area contributed by atoms with Crippen LogP contribution >= 0.6 is 11.6 Å². The molecule has 0 fully saturated rings. The topological polar surface area (TPSA) is 56.1 Å². The molecule has 1 atom stereocenters. The van der Waals surface area contributed by atoms with Crippen molar-refractivity contribution in [2.45, 2.75) is 39.0 Å². The second kappa shape index (κ2) is 10.5. The van der Waals surface area contributed by atoms with Gasteiger partial charge in [-0.25, -0.2) is 4.98 Å². The van der Waals surface area contributed by atoms with Gasteiger partial charge in [0.1, 0.15) is 17.1 Å². The van der Waals surface area contributed by atoms with E-state index in [0.717, 1.165) is 42.8 Å². The second-order valence-electron chi connectivity index (χ2n) is 7.54. The highest BCUT2D eigenvalue weighted by Gasteiger charge is 2.25. The van der Waals surface area contributed by atoms with Crippen molar-refractivity contribution >= 4 is 23.2 Å². The largest absolute Gasteiger partial charge is 0.497 e. The van der Waals surface area contributed by atoms with Crippen LogP contribution in [0, 0.1) is 0 Å². The number of benzene rings is 1. The van der Waals surface area contributed by atoms with Crippen molar-refractivity contribution in [3.05, 3.63) is 59.0 Å². The van der Waals surface area contributed by atoms with Gasteiger partial charge in [-0.2, -0.15) is 0 Å². The number of nitrogens with zero attached hydrogens (tertiary/aromatic N) is 3. The zero-order valence-corrected chi connectivity index (χ0v) is 19.4. The Morgan fingerprint density at radius 1 is 1.10 bits per heavy atom. The lowest BCUT2D eigenvalue weighted by atomic mass is 9.91. The summed E-state index contributed by atoms with van der Waals surface area (Å²) < 4.78 is 12.9. The normalized spacial score (nSPS) is 12.0. The Kier molecular flexibility index (Phi) is 7.80. The van der Waals surface area contributed by atoms with Gasteiger partial charge < -0.3 is 18.8 Å². The van der Waals surface area contributed by atoms with E-state index in [1.165, 1.54) is 0 Å². The van der Waals surface area contributed by atoms with E-state index < -0.39 is 0 Å². The van der Waals surface area contributed by atoms with Crippen molar-refractivity contribution in [1.82, 2.24) is 14.3 Å². The molecule has 0 saturated heterocycles. The van der Waals surface area contributed by atoms with Gasteiger partial charge in [0.2, 0.25) is 5.91 Å². The van der Waals surface area contributed by atoms with Gasteiger partial charge >= 0.3 is 0 Å². The summed E-state index contributed by atoms with van der Waals surface area (Å²) in [7, 11) is 3.24. The fourth-order valence-electron chi connectivity index (χ4n) is 3.86. The number of fused-ring (bicyclic) bond motifs is 1. The maximum Gasteiger partial charge on any atom is 0.223 e. The molecule has 2 heterocycles. The average Bonchev–Trinajstić information content (AvgIpc) is 3.19. The number of aromatic nitrogens is 2. The monoisotopic (exact) mass is 443 g/mol. The SMILES string of the molecule is CCCN(CCC)C(=O)CC(c1cc(OC)cc(OC)c1)c1cnc2ccc(Cl)cn12. The molecule has 6 nitrogen and oxygen atoms in total. The van der Waals surface area contributed by atoms with Crippen molar-refractivity contribution in [2.24, 2.45) is 0 Å². The van der Waals surface area contributed by atoms with Gasteiger partial charge in [0, 0.05) is 43.9 Å². The first-order valence-electron chi connectivity index (χ1n) is 10.6. The quantitative estimate of drug-likeness (QED) is 0.433. The molecule has 0 aliphatic carbocycles.